The maximum atomic E-state index is 2.37. The normalized spacial score (nSPS) is 11.6. The number of hydrogen-bond acceptors (Lipinski definition) is 2. The zero-order valence-electron chi connectivity index (χ0n) is 32.6. The minimum Gasteiger partial charge on any atom is -0.310 e. The summed E-state index contributed by atoms with van der Waals surface area (Å²) in [5.41, 5.74) is 15.5. The van der Waals surface area contributed by atoms with Crippen LogP contribution in [0.3, 0.4) is 0 Å². The molecule has 10 rings (SSSR count). The number of fused-ring (bicyclic) bond motifs is 4. The van der Waals surface area contributed by atoms with Gasteiger partial charge in [0.05, 0.1) is 0 Å². The number of rotatable bonds is 8. The predicted molar refractivity (Wildman–Crippen MR) is 253 cm³/mol. The second-order valence-electron chi connectivity index (χ2n) is 15.0. The van der Waals surface area contributed by atoms with Crippen molar-refractivity contribution in [2.24, 2.45) is 0 Å². The first kappa shape index (κ1) is 35.4. The van der Waals surface area contributed by atoms with Gasteiger partial charge in [0.1, 0.15) is 0 Å². The average Bonchev–Trinajstić information content (AvgIpc) is 3.66. The van der Waals surface area contributed by atoms with Crippen molar-refractivity contribution in [1.29, 1.82) is 0 Å². The fraction of sp³-hybridized carbons (Fsp3) is 0.0357. The molecular formula is C56H41NS. The van der Waals surface area contributed by atoms with E-state index in [1.165, 1.54) is 86.6 Å². The molecule has 0 fully saturated rings. The van der Waals surface area contributed by atoms with E-state index >= 15 is 0 Å². The highest BCUT2D eigenvalue weighted by Gasteiger charge is 2.15. The van der Waals surface area contributed by atoms with Gasteiger partial charge in [0.15, 0.2) is 0 Å². The molecule has 0 radical (unpaired) electrons. The molecule has 0 aliphatic rings. The Labute approximate surface area is 344 Å². The molecule has 0 atom stereocenters. The molecule has 0 aliphatic carbocycles. The summed E-state index contributed by atoms with van der Waals surface area (Å²) < 4.78 is 2.65. The largest absolute Gasteiger partial charge is 0.310 e. The third kappa shape index (κ3) is 6.68. The standard InChI is InChI=1S/C56H41NS/c1-3-10-51-38(2)17-18-47-35-45(27-33-52(47)51)42-21-19-41(20-22-42)44-13-9-14-50(36-44)57(48-29-23-40(24-30-48)39-11-5-4-6-12-39)49-31-25-43(26-32-49)46-28-34-56-54(37-46)53-15-7-8-16-55(53)58-56/h3-37H,1-2H3/b10-3-. The summed E-state index contributed by atoms with van der Waals surface area (Å²) in [5.74, 6) is 0. The highest BCUT2D eigenvalue weighted by molar-refractivity contribution is 7.25. The first-order chi connectivity index (χ1) is 28.6. The van der Waals surface area contributed by atoms with Crippen molar-refractivity contribution in [2.45, 2.75) is 13.8 Å². The van der Waals surface area contributed by atoms with Crippen LogP contribution in [0.25, 0.3) is 81.5 Å². The minimum absolute atomic E-state index is 1.11. The van der Waals surface area contributed by atoms with E-state index in [-0.39, 0.29) is 0 Å². The Kier molecular flexibility index (Phi) is 9.25. The van der Waals surface area contributed by atoms with Crippen LogP contribution in [0.1, 0.15) is 18.1 Å². The Balaban J connectivity index is 0.994. The molecule has 0 N–H and O–H groups in total. The van der Waals surface area contributed by atoms with Gasteiger partial charge in [0, 0.05) is 37.2 Å². The van der Waals surface area contributed by atoms with Crippen LogP contribution >= 0.6 is 11.3 Å². The van der Waals surface area contributed by atoms with Crippen molar-refractivity contribution in [3.63, 3.8) is 0 Å². The number of benzene rings is 9. The third-order valence-electron chi connectivity index (χ3n) is 11.3. The van der Waals surface area contributed by atoms with Crippen LogP contribution in [-0.2, 0) is 0 Å². The van der Waals surface area contributed by atoms with Crippen molar-refractivity contribution in [3.05, 3.63) is 217 Å². The number of thiophene rings is 1. The third-order valence-corrected chi connectivity index (χ3v) is 12.5. The highest BCUT2D eigenvalue weighted by atomic mass is 32.1. The molecule has 58 heavy (non-hydrogen) atoms. The Morgan fingerprint density at radius 2 is 0.914 bits per heavy atom. The van der Waals surface area contributed by atoms with Crippen LogP contribution in [0.5, 0.6) is 0 Å². The van der Waals surface area contributed by atoms with Gasteiger partial charge >= 0.3 is 0 Å². The molecule has 0 unspecified atom stereocenters. The van der Waals surface area contributed by atoms with Crippen molar-refractivity contribution in [3.8, 4) is 44.5 Å². The lowest BCUT2D eigenvalue weighted by Gasteiger charge is -2.26. The smallest absolute Gasteiger partial charge is 0.0467 e. The molecule has 1 nitrogen and oxygen atoms in total. The lowest BCUT2D eigenvalue weighted by atomic mass is 9.95. The Bertz CT molecular complexity index is 3100. The maximum absolute atomic E-state index is 2.37. The number of allylic oxidation sites excluding steroid dienone is 1. The number of aryl methyl sites for hydroxylation is 1. The number of hydrogen-bond donors (Lipinski definition) is 0. The quantitative estimate of drug-likeness (QED) is 0.149. The molecule has 1 aromatic heterocycles. The molecule has 0 aliphatic heterocycles. The Morgan fingerprint density at radius 3 is 1.62 bits per heavy atom. The molecule has 0 spiro atoms. The summed E-state index contributed by atoms with van der Waals surface area (Å²) in [7, 11) is 0. The predicted octanol–water partition coefficient (Wildman–Crippen LogP) is 16.7. The lowest BCUT2D eigenvalue weighted by Crippen LogP contribution is -2.10. The average molecular weight is 760 g/mol. The van der Waals surface area contributed by atoms with Gasteiger partial charge < -0.3 is 4.90 Å². The molecule has 10 aromatic rings. The molecule has 2 heteroatoms. The zero-order valence-corrected chi connectivity index (χ0v) is 33.4. The summed E-state index contributed by atoms with van der Waals surface area (Å²) in [4.78, 5) is 2.37. The summed E-state index contributed by atoms with van der Waals surface area (Å²) in [6, 6.07) is 73.3. The van der Waals surface area contributed by atoms with E-state index in [0.717, 1.165) is 17.1 Å². The van der Waals surface area contributed by atoms with Gasteiger partial charge in [-0.05, 0) is 141 Å². The van der Waals surface area contributed by atoms with E-state index in [4.69, 9.17) is 0 Å². The topological polar surface area (TPSA) is 3.24 Å². The maximum Gasteiger partial charge on any atom is 0.0467 e. The van der Waals surface area contributed by atoms with Crippen LogP contribution in [0.2, 0.25) is 0 Å². The van der Waals surface area contributed by atoms with Gasteiger partial charge in [-0.1, -0.05) is 152 Å². The van der Waals surface area contributed by atoms with E-state index in [9.17, 15) is 0 Å². The van der Waals surface area contributed by atoms with Crippen LogP contribution < -0.4 is 4.90 Å². The molecule has 0 amide bonds. The summed E-state index contributed by atoms with van der Waals surface area (Å²) in [6.45, 7) is 4.26. The van der Waals surface area contributed by atoms with E-state index in [0.29, 0.717) is 0 Å². The van der Waals surface area contributed by atoms with Crippen LogP contribution in [0.15, 0.2) is 206 Å². The lowest BCUT2D eigenvalue weighted by molar-refractivity contribution is 1.28. The molecular weight excluding hydrogens is 719 g/mol. The molecule has 0 saturated carbocycles. The van der Waals surface area contributed by atoms with Crippen molar-refractivity contribution in [1.82, 2.24) is 0 Å². The monoisotopic (exact) mass is 759 g/mol. The fourth-order valence-corrected chi connectivity index (χ4v) is 9.39. The first-order valence-corrected chi connectivity index (χ1v) is 20.8. The van der Waals surface area contributed by atoms with Crippen molar-refractivity contribution < 1.29 is 0 Å². The van der Waals surface area contributed by atoms with Gasteiger partial charge in [-0.25, -0.2) is 0 Å². The molecule has 0 bridgehead atoms. The van der Waals surface area contributed by atoms with Crippen LogP contribution in [0, 0.1) is 6.92 Å². The van der Waals surface area contributed by atoms with Gasteiger partial charge in [0.25, 0.3) is 0 Å². The van der Waals surface area contributed by atoms with E-state index in [2.05, 4.69) is 231 Å². The molecule has 276 valence electrons. The van der Waals surface area contributed by atoms with E-state index < -0.39 is 0 Å². The zero-order chi connectivity index (χ0) is 39.0. The molecule has 0 saturated heterocycles. The fourth-order valence-electron chi connectivity index (χ4n) is 8.30. The first-order valence-electron chi connectivity index (χ1n) is 19.9. The van der Waals surface area contributed by atoms with E-state index in [1.54, 1.807) is 0 Å². The van der Waals surface area contributed by atoms with E-state index in [1.807, 2.05) is 11.3 Å². The van der Waals surface area contributed by atoms with Gasteiger partial charge in [-0.2, -0.15) is 0 Å². The number of anilines is 3. The summed E-state index contributed by atoms with van der Waals surface area (Å²) >= 11 is 1.86. The summed E-state index contributed by atoms with van der Waals surface area (Å²) in [5, 5.41) is 5.19. The summed E-state index contributed by atoms with van der Waals surface area (Å²) in [6.07, 6.45) is 4.33. The van der Waals surface area contributed by atoms with Gasteiger partial charge in [-0.3, -0.25) is 0 Å². The molecule has 1 heterocycles. The van der Waals surface area contributed by atoms with Crippen LogP contribution in [-0.4, -0.2) is 0 Å². The SMILES string of the molecule is C/C=C\c1c(C)ccc2cc(-c3ccc(-c4cccc(N(c5ccc(-c6ccccc6)cc5)c5ccc(-c6ccc7sc8ccccc8c7c6)cc5)c4)cc3)ccc12. The number of nitrogens with zero attached hydrogens (tertiary/aromatic N) is 1. The van der Waals surface area contributed by atoms with Crippen molar-refractivity contribution in [2.75, 3.05) is 4.90 Å². The van der Waals surface area contributed by atoms with Gasteiger partial charge in [0.2, 0.25) is 0 Å². The minimum atomic E-state index is 1.11. The second-order valence-corrected chi connectivity index (χ2v) is 16.0. The van der Waals surface area contributed by atoms with Crippen LogP contribution in [0.4, 0.5) is 17.1 Å². The van der Waals surface area contributed by atoms with Crippen molar-refractivity contribution >= 4 is 65.4 Å². The van der Waals surface area contributed by atoms with Gasteiger partial charge in [-0.15, -0.1) is 11.3 Å². The Hall–Kier alpha value is -7.00. The Morgan fingerprint density at radius 1 is 0.379 bits per heavy atom. The molecule has 9 aromatic carbocycles. The highest BCUT2D eigenvalue weighted by Crippen LogP contribution is 2.40. The second kappa shape index (κ2) is 15.2.